The van der Waals surface area contributed by atoms with E-state index >= 15 is 0 Å². The summed E-state index contributed by atoms with van der Waals surface area (Å²) in [4.78, 5) is 0. The Balaban J connectivity index is 2.77. The van der Waals surface area contributed by atoms with Gasteiger partial charge in [-0.3, -0.25) is 0 Å². The van der Waals surface area contributed by atoms with Crippen LogP contribution in [0.2, 0.25) is 0 Å². The summed E-state index contributed by atoms with van der Waals surface area (Å²) in [5, 5.41) is 0. The van der Waals surface area contributed by atoms with Crippen LogP contribution in [0.4, 0.5) is 13.2 Å². The van der Waals surface area contributed by atoms with Gasteiger partial charge < -0.3 is 0 Å². The van der Waals surface area contributed by atoms with Crippen LogP contribution in [0, 0.1) is 37.4 Å². The van der Waals surface area contributed by atoms with Gasteiger partial charge in [0.15, 0.2) is 0 Å². The van der Waals surface area contributed by atoms with Crippen molar-refractivity contribution in [3.63, 3.8) is 0 Å². The lowest BCUT2D eigenvalue weighted by Gasteiger charge is -2.10. The molecule has 0 aliphatic heterocycles. The molecule has 0 nitrogen and oxygen atoms in total. The van der Waals surface area contributed by atoms with Gasteiger partial charge in [-0.1, -0.05) is 6.07 Å². The number of rotatable bonds is 1. The van der Waals surface area contributed by atoms with E-state index in [0.717, 1.165) is 6.07 Å². The molecule has 0 aliphatic carbocycles. The van der Waals surface area contributed by atoms with Gasteiger partial charge in [0, 0.05) is 5.56 Å². The highest BCUT2D eigenvalue weighted by atomic mass is 19.1. The van der Waals surface area contributed by atoms with Gasteiger partial charge in [-0.2, -0.15) is 0 Å². The highest BCUT2D eigenvalue weighted by molar-refractivity contribution is 5.69. The smallest absolute Gasteiger partial charge is 0.134 e. The lowest BCUT2D eigenvalue weighted by Crippen LogP contribution is -1.97. The summed E-state index contributed by atoms with van der Waals surface area (Å²) in [6, 6.07) is 7.63. The molecule has 0 amide bonds. The van der Waals surface area contributed by atoms with E-state index in [9.17, 15) is 13.2 Å². The van der Waals surface area contributed by atoms with E-state index in [2.05, 4.69) is 6.07 Å². The molecule has 17 heavy (non-hydrogen) atoms. The normalized spacial score (nSPS) is 10.6. The molecule has 0 aliphatic rings. The third-order valence-corrected chi connectivity index (χ3v) is 2.58. The van der Waals surface area contributed by atoms with E-state index in [0.29, 0.717) is 11.1 Å². The predicted octanol–water partition coefficient (Wildman–Crippen LogP) is 4.19. The van der Waals surface area contributed by atoms with Crippen molar-refractivity contribution in [3.05, 3.63) is 58.9 Å². The zero-order valence-electron chi connectivity index (χ0n) is 9.44. The van der Waals surface area contributed by atoms with E-state index in [1.54, 1.807) is 13.8 Å². The Labute approximate surface area is 97.7 Å². The molecular weight excluding hydrogens is 225 g/mol. The fourth-order valence-electron chi connectivity index (χ4n) is 1.82. The van der Waals surface area contributed by atoms with Crippen molar-refractivity contribution in [2.24, 2.45) is 0 Å². The van der Waals surface area contributed by atoms with Crippen molar-refractivity contribution in [2.45, 2.75) is 13.8 Å². The van der Waals surface area contributed by atoms with Crippen molar-refractivity contribution in [2.75, 3.05) is 0 Å². The van der Waals surface area contributed by atoms with Gasteiger partial charge >= 0.3 is 0 Å². The summed E-state index contributed by atoms with van der Waals surface area (Å²) in [5.41, 5.74) is 0.443. The Morgan fingerprint density at radius 2 is 1.47 bits per heavy atom. The molecule has 2 aromatic carbocycles. The zero-order valence-corrected chi connectivity index (χ0v) is 9.44. The van der Waals surface area contributed by atoms with E-state index in [1.807, 2.05) is 0 Å². The second-order valence-corrected chi connectivity index (χ2v) is 3.93. The number of benzene rings is 2. The lowest BCUT2D eigenvalue weighted by molar-refractivity contribution is 0.580. The molecule has 2 rings (SSSR count). The first-order valence-corrected chi connectivity index (χ1v) is 5.13. The van der Waals surface area contributed by atoms with Crippen LogP contribution in [0.25, 0.3) is 11.1 Å². The first-order chi connectivity index (χ1) is 8.00. The van der Waals surface area contributed by atoms with Crippen molar-refractivity contribution in [1.82, 2.24) is 0 Å². The van der Waals surface area contributed by atoms with Crippen LogP contribution >= 0.6 is 0 Å². The van der Waals surface area contributed by atoms with Crippen molar-refractivity contribution < 1.29 is 13.2 Å². The van der Waals surface area contributed by atoms with Gasteiger partial charge in [0.1, 0.15) is 17.5 Å². The molecule has 1 radical (unpaired) electrons. The standard InChI is InChI=1S/C14H10F3/c1-8-6-11(16)14(12(17)7-8)13-9(2)4-3-5-10(13)15/h3,5-7H,1-2H3. The molecule has 3 heteroatoms. The zero-order chi connectivity index (χ0) is 12.6. The molecule has 0 saturated heterocycles. The third kappa shape index (κ3) is 2.05. The molecular formula is C14H10F3. The first-order valence-electron chi connectivity index (χ1n) is 5.13. The van der Waals surface area contributed by atoms with Crippen LogP contribution in [-0.2, 0) is 0 Å². The van der Waals surface area contributed by atoms with Gasteiger partial charge in [-0.15, -0.1) is 0 Å². The van der Waals surface area contributed by atoms with Crippen LogP contribution in [0.15, 0.2) is 24.3 Å². The number of hydrogen-bond donors (Lipinski definition) is 0. The third-order valence-electron chi connectivity index (χ3n) is 2.58. The average Bonchev–Trinajstić information content (AvgIpc) is 2.21. The van der Waals surface area contributed by atoms with Crippen molar-refractivity contribution in [1.29, 1.82) is 0 Å². The Morgan fingerprint density at radius 3 is 2.00 bits per heavy atom. The summed E-state index contributed by atoms with van der Waals surface area (Å²) < 4.78 is 41.1. The molecule has 0 atom stereocenters. The molecule has 0 spiro atoms. The predicted molar refractivity (Wildman–Crippen MR) is 60.1 cm³/mol. The summed E-state index contributed by atoms with van der Waals surface area (Å²) >= 11 is 0. The maximum Gasteiger partial charge on any atom is 0.134 e. The van der Waals surface area contributed by atoms with Crippen LogP contribution in [-0.4, -0.2) is 0 Å². The van der Waals surface area contributed by atoms with E-state index < -0.39 is 17.5 Å². The average molecular weight is 235 g/mol. The summed E-state index contributed by atoms with van der Waals surface area (Å²) in [6.45, 7) is 3.15. The topological polar surface area (TPSA) is 0 Å². The first kappa shape index (κ1) is 11.7. The van der Waals surface area contributed by atoms with Crippen molar-refractivity contribution in [3.8, 4) is 11.1 Å². The minimum atomic E-state index is -0.760. The number of aryl methyl sites for hydroxylation is 2. The lowest BCUT2D eigenvalue weighted by atomic mass is 9.98. The molecule has 0 fully saturated rings. The Kier molecular flexibility index (Phi) is 2.92. The molecule has 0 unspecified atom stereocenters. The summed E-state index contributed by atoms with van der Waals surface area (Å²) in [6.07, 6.45) is 0. The van der Waals surface area contributed by atoms with Crippen LogP contribution in [0.3, 0.4) is 0 Å². The molecule has 2 aromatic rings. The Morgan fingerprint density at radius 1 is 0.882 bits per heavy atom. The highest BCUT2D eigenvalue weighted by Crippen LogP contribution is 2.31. The maximum atomic E-state index is 13.7. The van der Waals surface area contributed by atoms with Crippen LogP contribution in [0.1, 0.15) is 11.1 Å². The van der Waals surface area contributed by atoms with Gasteiger partial charge in [0.25, 0.3) is 0 Å². The Bertz CT molecular complexity index is 530. The van der Waals surface area contributed by atoms with E-state index in [1.165, 1.54) is 18.2 Å². The van der Waals surface area contributed by atoms with Gasteiger partial charge in [-0.05, 0) is 49.2 Å². The number of hydrogen-bond acceptors (Lipinski definition) is 0. The van der Waals surface area contributed by atoms with E-state index in [-0.39, 0.29) is 11.1 Å². The summed E-state index contributed by atoms with van der Waals surface area (Å²) in [7, 11) is 0. The fraction of sp³-hybridized carbons (Fsp3) is 0.143. The SMILES string of the molecule is Cc1cc(F)c(-c2c(C)[c]ccc2F)c(F)c1. The number of halogens is 3. The largest absolute Gasteiger partial charge is 0.206 e. The van der Waals surface area contributed by atoms with E-state index in [4.69, 9.17) is 0 Å². The highest BCUT2D eigenvalue weighted by Gasteiger charge is 2.17. The second-order valence-electron chi connectivity index (χ2n) is 3.93. The van der Waals surface area contributed by atoms with Crippen molar-refractivity contribution >= 4 is 0 Å². The fourth-order valence-corrected chi connectivity index (χ4v) is 1.82. The molecule has 0 N–H and O–H groups in total. The van der Waals surface area contributed by atoms with Gasteiger partial charge in [0.05, 0.1) is 5.56 Å². The molecule has 0 saturated carbocycles. The second kappa shape index (κ2) is 4.24. The van der Waals surface area contributed by atoms with Gasteiger partial charge in [-0.25, -0.2) is 13.2 Å². The quantitative estimate of drug-likeness (QED) is 0.695. The van der Waals surface area contributed by atoms with Gasteiger partial charge in [0.2, 0.25) is 0 Å². The molecule has 0 aromatic heterocycles. The minimum Gasteiger partial charge on any atom is -0.206 e. The molecule has 0 bridgehead atoms. The molecule has 0 heterocycles. The molecule has 87 valence electrons. The summed E-state index contributed by atoms with van der Waals surface area (Å²) in [5.74, 6) is -2.17. The van der Waals surface area contributed by atoms with Crippen LogP contribution in [0.5, 0.6) is 0 Å². The monoisotopic (exact) mass is 235 g/mol. The van der Waals surface area contributed by atoms with Crippen LogP contribution < -0.4 is 0 Å². The maximum absolute atomic E-state index is 13.7. The minimum absolute atomic E-state index is 0.0671. The Hall–Kier alpha value is -1.77.